The first-order valence-corrected chi connectivity index (χ1v) is 5.33. The monoisotopic (exact) mass is 207 g/mol. The molecule has 0 bridgehead atoms. The number of nitrogens with one attached hydrogen (secondary N) is 1. The Morgan fingerprint density at radius 2 is 2.29 bits per heavy atom. The lowest BCUT2D eigenvalue weighted by molar-refractivity contribution is 0.520. The summed E-state index contributed by atoms with van der Waals surface area (Å²) in [7, 11) is 0. The van der Waals surface area contributed by atoms with Crippen LogP contribution in [0.3, 0.4) is 0 Å². The van der Waals surface area contributed by atoms with E-state index in [1.165, 1.54) is 4.88 Å². The first-order valence-electron chi connectivity index (χ1n) is 4.45. The summed E-state index contributed by atoms with van der Waals surface area (Å²) >= 11 is 1.69. The van der Waals surface area contributed by atoms with Crippen molar-refractivity contribution in [2.24, 2.45) is 5.73 Å². The van der Waals surface area contributed by atoms with E-state index in [4.69, 9.17) is 5.73 Å². The van der Waals surface area contributed by atoms with Gasteiger partial charge in [0.2, 0.25) is 0 Å². The molecule has 3 N–H and O–H groups in total. The minimum Gasteiger partial charge on any atom is -0.340 e. The topological polar surface area (TPSA) is 54.7 Å². The number of thiophene rings is 1. The standard InChI is InChI=1S/C10H13N3S/c1-10(2,11)9-12-6-7(13-9)8-4-3-5-14-8/h3-6H,11H2,1-2H3,(H,12,13). The maximum absolute atomic E-state index is 5.93. The second-order valence-electron chi connectivity index (χ2n) is 3.84. The predicted octanol–water partition coefficient (Wildman–Crippen LogP) is 2.33. The predicted molar refractivity (Wildman–Crippen MR) is 59.1 cm³/mol. The molecule has 0 aromatic carbocycles. The molecule has 2 heterocycles. The van der Waals surface area contributed by atoms with Crippen LogP contribution in [0.15, 0.2) is 23.7 Å². The Kier molecular flexibility index (Phi) is 2.17. The molecule has 3 nitrogen and oxygen atoms in total. The van der Waals surface area contributed by atoms with E-state index in [1.54, 1.807) is 11.3 Å². The van der Waals surface area contributed by atoms with E-state index >= 15 is 0 Å². The van der Waals surface area contributed by atoms with E-state index in [9.17, 15) is 0 Å². The summed E-state index contributed by atoms with van der Waals surface area (Å²) in [6.07, 6.45) is 1.83. The van der Waals surface area contributed by atoms with Crippen molar-refractivity contribution in [3.8, 4) is 10.6 Å². The minimum absolute atomic E-state index is 0.407. The van der Waals surface area contributed by atoms with Crippen LogP contribution in [-0.2, 0) is 5.54 Å². The minimum atomic E-state index is -0.407. The van der Waals surface area contributed by atoms with Gasteiger partial charge in [0.25, 0.3) is 0 Å². The van der Waals surface area contributed by atoms with Crippen molar-refractivity contribution in [2.75, 3.05) is 0 Å². The number of H-pyrrole nitrogens is 1. The molecule has 0 saturated heterocycles. The maximum atomic E-state index is 5.93. The van der Waals surface area contributed by atoms with Gasteiger partial charge in [-0.2, -0.15) is 0 Å². The summed E-state index contributed by atoms with van der Waals surface area (Å²) < 4.78 is 0. The van der Waals surface area contributed by atoms with Gasteiger partial charge in [-0.3, -0.25) is 0 Å². The molecule has 0 amide bonds. The molecule has 2 aromatic rings. The van der Waals surface area contributed by atoms with Gasteiger partial charge in [0.15, 0.2) is 0 Å². The number of aromatic amines is 1. The van der Waals surface area contributed by atoms with Gasteiger partial charge in [0, 0.05) is 0 Å². The van der Waals surface area contributed by atoms with Crippen molar-refractivity contribution in [2.45, 2.75) is 19.4 Å². The fraction of sp³-hybridized carbons (Fsp3) is 0.300. The summed E-state index contributed by atoms with van der Waals surface area (Å²) in [5.41, 5.74) is 6.56. The lowest BCUT2D eigenvalue weighted by Gasteiger charge is -2.14. The highest BCUT2D eigenvalue weighted by atomic mass is 32.1. The number of rotatable bonds is 2. The van der Waals surface area contributed by atoms with Crippen LogP contribution in [0, 0.1) is 0 Å². The molecular formula is C10H13N3S. The molecular weight excluding hydrogens is 194 g/mol. The van der Waals surface area contributed by atoms with Crippen molar-refractivity contribution >= 4 is 11.3 Å². The van der Waals surface area contributed by atoms with Crippen LogP contribution in [-0.4, -0.2) is 9.97 Å². The molecule has 0 aliphatic carbocycles. The molecule has 0 fully saturated rings. The first kappa shape index (κ1) is 9.43. The summed E-state index contributed by atoms with van der Waals surface area (Å²) in [5, 5.41) is 2.05. The largest absolute Gasteiger partial charge is 0.340 e. The second kappa shape index (κ2) is 3.22. The van der Waals surface area contributed by atoms with Crippen LogP contribution in [0.4, 0.5) is 0 Å². The van der Waals surface area contributed by atoms with Crippen molar-refractivity contribution < 1.29 is 0 Å². The number of nitrogens with two attached hydrogens (primary N) is 1. The SMILES string of the molecule is CC(C)(N)c1ncc(-c2cccs2)[nH]1. The van der Waals surface area contributed by atoms with Gasteiger partial charge in [0.05, 0.1) is 22.3 Å². The Balaban J connectivity index is 2.36. The molecule has 4 heteroatoms. The molecule has 2 rings (SSSR count). The van der Waals surface area contributed by atoms with Crippen molar-refractivity contribution in [1.82, 2.24) is 9.97 Å². The van der Waals surface area contributed by atoms with Gasteiger partial charge >= 0.3 is 0 Å². The summed E-state index contributed by atoms with van der Waals surface area (Å²) in [6.45, 7) is 3.87. The molecule has 0 saturated carbocycles. The average Bonchev–Trinajstić information content (AvgIpc) is 2.73. The Hall–Kier alpha value is -1.13. The van der Waals surface area contributed by atoms with Crippen molar-refractivity contribution in [3.63, 3.8) is 0 Å². The summed E-state index contributed by atoms with van der Waals surface area (Å²) in [4.78, 5) is 8.69. The molecule has 0 unspecified atom stereocenters. The first-order chi connectivity index (χ1) is 6.57. The van der Waals surface area contributed by atoms with Gasteiger partial charge in [-0.15, -0.1) is 11.3 Å². The maximum Gasteiger partial charge on any atom is 0.126 e. The Morgan fingerprint density at radius 3 is 2.79 bits per heavy atom. The van der Waals surface area contributed by atoms with E-state index in [0.29, 0.717) is 0 Å². The lowest BCUT2D eigenvalue weighted by atomic mass is 10.1. The normalized spacial score (nSPS) is 11.9. The summed E-state index contributed by atoms with van der Waals surface area (Å²) in [6, 6.07) is 4.08. The molecule has 14 heavy (non-hydrogen) atoms. The van der Waals surface area contributed by atoms with Crippen molar-refractivity contribution in [1.29, 1.82) is 0 Å². The zero-order valence-electron chi connectivity index (χ0n) is 8.24. The summed E-state index contributed by atoms with van der Waals surface area (Å²) in [5.74, 6) is 0.820. The van der Waals surface area contributed by atoms with Crippen LogP contribution >= 0.6 is 11.3 Å². The molecule has 0 spiro atoms. The quantitative estimate of drug-likeness (QED) is 0.794. The Bertz CT molecular complexity index is 409. The van der Waals surface area contributed by atoms with Crippen molar-refractivity contribution in [3.05, 3.63) is 29.5 Å². The van der Waals surface area contributed by atoms with Gasteiger partial charge in [0.1, 0.15) is 5.82 Å². The average molecular weight is 207 g/mol. The third-order valence-electron chi connectivity index (χ3n) is 1.97. The zero-order valence-corrected chi connectivity index (χ0v) is 9.06. The van der Waals surface area contributed by atoms with E-state index in [2.05, 4.69) is 16.0 Å². The van der Waals surface area contributed by atoms with E-state index < -0.39 is 5.54 Å². The fourth-order valence-corrected chi connectivity index (χ4v) is 1.90. The van der Waals surface area contributed by atoms with Gasteiger partial charge in [-0.25, -0.2) is 4.98 Å². The van der Waals surface area contributed by atoms with Crippen LogP contribution in [0.5, 0.6) is 0 Å². The van der Waals surface area contributed by atoms with Gasteiger partial charge in [-0.05, 0) is 25.3 Å². The zero-order chi connectivity index (χ0) is 10.2. The third kappa shape index (κ3) is 1.71. The highest BCUT2D eigenvalue weighted by Crippen LogP contribution is 2.24. The molecule has 0 aliphatic rings. The highest BCUT2D eigenvalue weighted by Gasteiger charge is 2.18. The molecule has 74 valence electrons. The third-order valence-corrected chi connectivity index (χ3v) is 2.88. The smallest absolute Gasteiger partial charge is 0.126 e. The number of imidazole rings is 1. The number of nitrogens with zero attached hydrogens (tertiary/aromatic N) is 1. The van der Waals surface area contributed by atoms with Crippen LogP contribution in [0.2, 0.25) is 0 Å². The molecule has 0 atom stereocenters. The van der Waals surface area contributed by atoms with E-state index in [1.807, 2.05) is 31.5 Å². The fourth-order valence-electron chi connectivity index (χ4n) is 1.21. The Morgan fingerprint density at radius 1 is 1.50 bits per heavy atom. The van der Waals surface area contributed by atoms with Crippen LogP contribution in [0.1, 0.15) is 19.7 Å². The highest BCUT2D eigenvalue weighted by molar-refractivity contribution is 7.13. The number of hydrogen-bond acceptors (Lipinski definition) is 3. The Labute approximate surface area is 87.0 Å². The van der Waals surface area contributed by atoms with Crippen LogP contribution in [0.25, 0.3) is 10.6 Å². The van der Waals surface area contributed by atoms with E-state index in [-0.39, 0.29) is 0 Å². The number of hydrogen-bond donors (Lipinski definition) is 2. The van der Waals surface area contributed by atoms with Gasteiger partial charge < -0.3 is 10.7 Å². The number of aromatic nitrogens is 2. The molecule has 0 aliphatic heterocycles. The molecule has 2 aromatic heterocycles. The van der Waals surface area contributed by atoms with Gasteiger partial charge in [-0.1, -0.05) is 6.07 Å². The lowest BCUT2D eigenvalue weighted by Crippen LogP contribution is -2.30. The van der Waals surface area contributed by atoms with E-state index in [0.717, 1.165) is 11.5 Å². The molecule has 0 radical (unpaired) electrons. The second-order valence-corrected chi connectivity index (χ2v) is 4.79. The van der Waals surface area contributed by atoms with Crippen LogP contribution < -0.4 is 5.73 Å².